The molecule has 6 atom stereocenters. The maximum absolute atomic E-state index is 13.2. The molecule has 0 fully saturated rings. The lowest BCUT2D eigenvalue weighted by Crippen LogP contribution is -2.30. The predicted octanol–water partition coefficient (Wildman–Crippen LogP) is 26.6. The van der Waals surface area contributed by atoms with E-state index in [9.17, 15) is 43.2 Å². The molecule has 630 valence electrons. The van der Waals surface area contributed by atoms with E-state index in [0.29, 0.717) is 25.7 Å². The highest BCUT2D eigenvalue weighted by Crippen LogP contribution is 2.45. The summed E-state index contributed by atoms with van der Waals surface area (Å²) < 4.78 is 68.9. The van der Waals surface area contributed by atoms with Crippen molar-refractivity contribution in [2.24, 2.45) is 11.8 Å². The Bertz CT molecular complexity index is 2030. The third-order valence-corrected chi connectivity index (χ3v) is 22.7. The van der Waals surface area contributed by atoms with Crippen LogP contribution in [0.5, 0.6) is 0 Å². The van der Waals surface area contributed by atoms with Gasteiger partial charge in [-0.2, -0.15) is 0 Å². The lowest BCUT2D eigenvalue weighted by molar-refractivity contribution is -0.161. The van der Waals surface area contributed by atoms with Gasteiger partial charge in [-0.05, 0) is 37.5 Å². The molecular formula is C87H170O17P2. The van der Waals surface area contributed by atoms with Crippen molar-refractivity contribution in [1.82, 2.24) is 0 Å². The van der Waals surface area contributed by atoms with Crippen LogP contribution < -0.4 is 0 Å². The number of ether oxygens (including phenoxy) is 4. The first-order chi connectivity index (χ1) is 51.4. The highest BCUT2D eigenvalue weighted by Gasteiger charge is 2.30. The van der Waals surface area contributed by atoms with E-state index >= 15 is 0 Å². The second kappa shape index (κ2) is 78.3. The fourth-order valence-electron chi connectivity index (χ4n) is 13.6. The summed E-state index contributed by atoms with van der Waals surface area (Å²) in [6.07, 6.45) is 70.7. The van der Waals surface area contributed by atoms with Crippen LogP contribution in [0.25, 0.3) is 0 Å². The Morgan fingerprint density at radius 2 is 0.481 bits per heavy atom. The number of aliphatic hydroxyl groups excluding tert-OH is 1. The number of hydrogen-bond acceptors (Lipinski definition) is 15. The number of unbranched alkanes of at least 4 members (excludes halogenated alkanes) is 55. The van der Waals surface area contributed by atoms with E-state index in [4.69, 9.17) is 37.0 Å². The molecule has 0 aromatic rings. The molecule has 0 aliphatic heterocycles. The number of hydrogen-bond donors (Lipinski definition) is 3. The second-order valence-corrected chi connectivity index (χ2v) is 34.9. The normalized spacial score (nSPS) is 14.1. The van der Waals surface area contributed by atoms with Crippen molar-refractivity contribution in [1.29, 1.82) is 0 Å². The van der Waals surface area contributed by atoms with Crippen LogP contribution in [0.1, 0.15) is 465 Å². The summed E-state index contributed by atoms with van der Waals surface area (Å²) in [5.41, 5.74) is 0. The summed E-state index contributed by atoms with van der Waals surface area (Å²) in [6.45, 7) is 9.77. The van der Waals surface area contributed by atoms with Crippen LogP contribution in [0.4, 0.5) is 0 Å². The fraction of sp³-hybridized carbons (Fsp3) is 0.954. The van der Waals surface area contributed by atoms with Gasteiger partial charge in [0.15, 0.2) is 12.2 Å². The van der Waals surface area contributed by atoms with Crippen molar-refractivity contribution in [3.63, 3.8) is 0 Å². The number of phosphoric ester groups is 2. The molecule has 0 aromatic carbocycles. The van der Waals surface area contributed by atoms with E-state index in [0.717, 1.165) is 102 Å². The van der Waals surface area contributed by atoms with Crippen LogP contribution in [0, 0.1) is 11.8 Å². The average Bonchev–Trinajstić information content (AvgIpc) is 0.902. The van der Waals surface area contributed by atoms with E-state index in [-0.39, 0.29) is 25.7 Å². The highest BCUT2D eigenvalue weighted by molar-refractivity contribution is 7.47. The molecule has 0 saturated heterocycles. The molecule has 0 amide bonds. The summed E-state index contributed by atoms with van der Waals surface area (Å²) in [6, 6.07) is 0. The Morgan fingerprint density at radius 3 is 0.717 bits per heavy atom. The molecule has 0 radical (unpaired) electrons. The van der Waals surface area contributed by atoms with E-state index < -0.39 is 97.5 Å². The lowest BCUT2D eigenvalue weighted by Gasteiger charge is -2.21. The number of carbonyl (C=O) groups is 4. The van der Waals surface area contributed by atoms with Gasteiger partial charge in [0, 0.05) is 25.7 Å². The van der Waals surface area contributed by atoms with Gasteiger partial charge in [-0.15, -0.1) is 0 Å². The Hall–Kier alpha value is -1.94. The number of rotatable bonds is 86. The van der Waals surface area contributed by atoms with Crippen molar-refractivity contribution >= 4 is 39.5 Å². The molecule has 0 spiro atoms. The molecule has 0 heterocycles. The third kappa shape index (κ3) is 78.7. The number of esters is 4. The molecule has 0 aliphatic carbocycles. The van der Waals surface area contributed by atoms with Gasteiger partial charge in [0.25, 0.3) is 0 Å². The zero-order valence-electron chi connectivity index (χ0n) is 69.7. The summed E-state index contributed by atoms with van der Waals surface area (Å²) in [5.74, 6) is -0.416. The molecule has 3 unspecified atom stereocenters. The minimum absolute atomic E-state index is 0.109. The van der Waals surface area contributed by atoms with Crippen LogP contribution in [0.3, 0.4) is 0 Å². The first-order valence-electron chi connectivity index (χ1n) is 45.0. The highest BCUT2D eigenvalue weighted by atomic mass is 31.2. The third-order valence-electron chi connectivity index (χ3n) is 20.8. The van der Waals surface area contributed by atoms with Gasteiger partial charge < -0.3 is 33.8 Å². The van der Waals surface area contributed by atoms with Crippen molar-refractivity contribution < 1.29 is 80.2 Å². The van der Waals surface area contributed by atoms with Gasteiger partial charge in [-0.3, -0.25) is 37.3 Å². The topological polar surface area (TPSA) is 237 Å². The van der Waals surface area contributed by atoms with Crippen LogP contribution >= 0.6 is 15.6 Å². The summed E-state index contributed by atoms with van der Waals surface area (Å²) in [5, 5.41) is 10.7. The van der Waals surface area contributed by atoms with Gasteiger partial charge in [0.2, 0.25) is 0 Å². The van der Waals surface area contributed by atoms with Crippen LogP contribution in [-0.2, 0) is 65.4 Å². The maximum atomic E-state index is 13.2. The zero-order chi connectivity index (χ0) is 77.8. The molecule has 19 heteroatoms. The lowest BCUT2D eigenvalue weighted by atomic mass is 9.99. The minimum Gasteiger partial charge on any atom is -0.462 e. The van der Waals surface area contributed by atoms with Crippen molar-refractivity contribution in [2.45, 2.75) is 484 Å². The fourth-order valence-corrected chi connectivity index (χ4v) is 15.1. The van der Waals surface area contributed by atoms with Crippen molar-refractivity contribution in [3.05, 3.63) is 0 Å². The van der Waals surface area contributed by atoms with E-state index in [1.54, 1.807) is 0 Å². The average molecular weight is 1550 g/mol. The van der Waals surface area contributed by atoms with Gasteiger partial charge in [0.1, 0.15) is 19.3 Å². The molecule has 0 bridgehead atoms. The van der Waals surface area contributed by atoms with Gasteiger partial charge >= 0.3 is 39.5 Å². The summed E-state index contributed by atoms with van der Waals surface area (Å²) in [4.78, 5) is 73.2. The molecule has 3 N–H and O–H groups in total. The number of aliphatic hydroxyl groups is 1. The SMILES string of the molecule is CCCCCCCCCCCCCCCCCC(=O)O[C@H](COC(=O)CCCCCCCCCCCC)COP(=O)(O)OC[C@H](O)COP(=O)(O)OC[C@@H](COC(=O)CCCCCCCCCCCCCCCCCCC(C)C)OC(=O)CCCCCCCCCCCCCCCCCCCCC(C)CC. The molecule has 0 aliphatic rings. The van der Waals surface area contributed by atoms with Crippen LogP contribution in [-0.4, -0.2) is 96.7 Å². The first-order valence-corrected chi connectivity index (χ1v) is 48.0. The molecule has 17 nitrogen and oxygen atoms in total. The predicted molar refractivity (Wildman–Crippen MR) is 437 cm³/mol. The largest absolute Gasteiger partial charge is 0.472 e. The van der Waals surface area contributed by atoms with E-state index in [2.05, 4.69) is 41.5 Å². The quantitative estimate of drug-likeness (QED) is 0.0222. The minimum atomic E-state index is -4.97. The van der Waals surface area contributed by atoms with E-state index in [1.807, 2.05) is 0 Å². The Kier molecular flexibility index (Phi) is 76.9. The Labute approximate surface area is 651 Å². The first kappa shape index (κ1) is 104. The monoisotopic (exact) mass is 1550 g/mol. The molecule has 0 aromatic heterocycles. The second-order valence-electron chi connectivity index (χ2n) is 32.0. The van der Waals surface area contributed by atoms with Gasteiger partial charge in [-0.1, -0.05) is 414 Å². The molecule has 106 heavy (non-hydrogen) atoms. The molecule has 0 rings (SSSR count). The van der Waals surface area contributed by atoms with E-state index in [1.165, 1.54) is 283 Å². The van der Waals surface area contributed by atoms with Crippen LogP contribution in [0.2, 0.25) is 0 Å². The molecule has 0 saturated carbocycles. The Balaban J connectivity index is 5.22. The summed E-state index contributed by atoms with van der Waals surface area (Å²) in [7, 11) is -9.93. The number of carbonyl (C=O) groups excluding carboxylic acids is 4. The van der Waals surface area contributed by atoms with Crippen LogP contribution in [0.15, 0.2) is 0 Å². The zero-order valence-corrected chi connectivity index (χ0v) is 71.5. The maximum Gasteiger partial charge on any atom is 0.472 e. The standard InChI is InChI=1S/C87H170O17P2/c1-7-10-12-14-16-18-20-21-28-36-41-47-53-59-65-71-86(91)103-82(75-97-84(89)69-63-57-51-45-19-17-15-13-11-8-2)77-101-105(93,94)99-73-81(88)74-100-106(95,96)102-78-83(76-98-85(90)70-64-58-52-46-40-35-31-27-26-29-33-38-43-49-55-61-67-79(4)5)104-87(92)72-66-60-54-48-42-37-32-25-23-22-24-30-34-39-44-50-56-62-68-80(6)9-3/h79-83,88H,7-78H2,1-6H3,(H,93,94)(H,95,96)/t80?,81-,82+,83+/m0/s1. The van der Waals surface area contributed by atoms with Gasteiger partial charge in [0.05, 0.1) is 26.4 Å². The summed E-state index contributed by atoms with van der Waals surface area (Å²) >= 11 is 0. The van der Waals surface area contributed by atoms with Gasteiger partial charge in [-0.25, -0.2) is 9.13 Å². The van der Waals surface area contributed by atoms with Crippen molar-refractivity contribution in [2.75, 3.05) is 39.6 Å². The number of phosphoric acid groups is 2. The van der Waals surface area contributed by atoms with Crippen molar-refractivity contribution in [3.8, 4) is 0 Å². The Morgan fingerprint density at radius 1 is 0.274 bits per heavy atom. The molecular weight excluding hydrogens is 1380 g/mol. The smallest absolute Gasteiger partial charge is 0.462 e.